The van der Waals surface area contributed by atoms with Gasteiger partial charge >= 0.3 is 0 Å². The summed E-state index contributed by atoms with van der Waals surface area (Å²) in [4.78, 5) is 26.0. The standard InChI is InChI=1S/C19H30N4O/c1-14(2)16-6-5-15(3)13-17(16)18(24)22-9-11-23(12-10-22)19-20-7-4-8-21-19/h4,7-8,14-17H,5-6,9-13H2,1-3H3/t15-,16+,17?/m1/s1. The molecule has 0 N–H and O–H groups in total. The summed E-state index contributed by atoms with van der Waals surface area (Å²) < 4.78 is 0. The number of anilines is 1. The highest BCUT2D eigenvalue weighted by Gasteiger charge is 2.38. The molecule has 1 aromatic rings. The van der Waals surface area contributed by atoms with Gasteiger partial charge in [0.05, 0.1) is 0 Å². The molecule has 1 unspecified atom stereocenters. The van der Waals surface area contributed by atoms with E-state index in [4.69, 9.17) is 0 Å². The van der Waals surface area contributed by atoms with Gasteiger partial charge in [0.1, 0.15) is 0 Å². The number of carbonyl (C=O) groups excluding carboxylic acids is 1. The van der Waals surface area contributed by atoms with Gasteiger partial charge in [0, 0.05) is 44.5 Å². The predicted molar refractivity (Wildman–Crippen MR) is 95.7 cm³/mol. The number of amides is 1. The minimum atomic E-state index is 0.216. The van der Waals surface area contributed by atoms with Crippen LogP contribution in [0.5, 0.6) is 0 Å². The quantitative estimate of drug-likeness (QED) is 0.855. The Hall–Kier alpha value is -1.65. The van der Waals surface area contributed by atoms with E-state index in [9.17, 15) is 4.79 Å². The van der Waals surface area contributed by atoms with Crippen molar-refractivity contribution in [2.45, 2.75) is 40.0 Å². The summed E-state index contributed by atoms with van der Waals surface area (Å²) >= 11 is 0. The topological polar surface area (TPSA) is 49.3 Å². The molecule has 5 heteroatoms. The Kier molecular flexibility index (Phi) is 5.36. The summed E-state index contributed by atoms with van der Waals surface area (Å²) in [6.45, 7) is 10.0. The molecule has 2 aliphatic rings. The fourth-order valence-corrected chi connectivity index (χ4v) is 4.30. The van der Waals surface area contributed by atoms with Crippen molar-refractivity contribution >= 4 is 11.9 Å². The molecule has 132 valence electrons. The van der Waals surface area contributed by atoms with Crippen molar-refractivity contribution in [1.82, 2.24) is 14.9 Å². The minimum Gasteiger partial charge on any atom is -0.339 e. The number of nitrogens with zero attached hydrogens (tertiary/aromatic N) is 4. The van der Waals surface area contributed by atoms with Gasteiger partial charge in [-0.3, -0.25) is 4.79 Å². The van der Waals surface area contributed by atoms with E-state index in [1.54, 1.807) is 12.4 Å². The average Bonchev–Trinajstić information content (AvgIpc) is 2.61. The van der Waals surface area contributed by atoms with Crippen molar-refractivity contribution < 1.29 is 4.79 Å². The van der Waals surface area contributed by atoms with Gasteiger partial charge in [-0.25, -0.2) is 9.97 Å². The number of hydrogen-bond donors (Lipinski definition) is 0. The van der Waals surface area contributed by atoms with E-state index in [0.29, 0.717) is 23.7 Å². The highest BCUT2D eigenvalue weighted by molar-refractivity contribution is 5.79. The third-order valence-corrected chi connectivity index (χ3v) is 5.77. The molecular formula is C19H30N4O. The summed E-state index contributed by atoms with van der Waals surface area (Å²) in [6, 6.07) is 1.83. The van der Waals surface area contributed by atoms with Crippen molar-refractivity contribution in [3.63, 3.8) is 0 Å². The van der Waals surface area contributed by atoms with Crippen LogP contribution in [-0.2, 0) is 4.79 Å². The lowest BCUT2D eigenvalue weighted by Crippen LogP contribution is -2.52. The predicted octanol–water partition coefficient (Wildman–Crippen LogP) is 2.83. The molecule has 1 saturated heterocycles. The SMILES string of the molecule is CC(C)[C@@H]1CC[C@@H](C)CC1C(=O)N1CCN(c2ncccn2)CC1. The number of aromatic nitrogens is 2. The Balaban J connectivity index is 1.61. The number of hydrogen-bond acceptors (Lipinski definition) is 4. The largest absolute Gasteiger partial charge is 0.339 e. The van der Waals surface area contributed by atoms with E-state index in [2.05, 4.69) is 40.5 Å². The zero-order valence-electron chi connectivity index (χ0n) is 15.2. The Labute approximate surface area is 145 Å². The molecule has 3 rings (SSSR count). The second-order valence-corrected chi connectivity index (χ2v) is 7.79. The second kappa shape index (κ2) is 7.49. The van der Waals surface area contributed by atoms with Crippen LogP contribution in [-0.4, -0.2) is 47.0 Å². The molecule has 2 fully saturated rings. The van der Waals surface area contributed by atoms with E-state index in [0.717, 1.165) is 38.5 Å². The van der Waals surface area contributed by atoms with Crippen LogP contribution < -0.4 is 4.90 Å². The van der Waals surface area contributed by atoms with E-state index in [1.165, 1.54) is 12.8 Å². The first-order valence-corrected chi connectivity index (χ1v) is 9.37. The molecule has 5 nitrogen and oxygen atoms in total. The normalized spacial score (nSPS) is 28.2. The molecule has 1 saturated carbocycles. The lowest BCUT2D eigenvalue weighted by atomic mass is 9.69. The fourth-order valence-electron chi connectivity index (χ4n) is 4.30. The highest BCUT2D eigenvalue weighted by atomic mass is 16.2. The second-order valence-electron chi connectivity index (χ2n) is 7.79. The minimum absolute atomic E-state index is 0.216. The van der Waals surface area contributed by atoms with Crippen LogP contribution in [0.15, 0.2) is 18.5 Å². The number of carbonyl (C=O) groups is 1. The first-order chi connectivity index (χ1) is 11.6. The first kappa shape index (κ1) is 17.2. The van der Waals surface area contributed by atoms with Crippen LogP contribution >= 0.6 is 0 Å². The fraction of sp³-hybridized carbons (Fsp3) is 0.737. The van der Waals surface area contributed by atoms with Gasteiger partial charge in [0.25, 0.3) is 0 Å². The van der Waals surface area contributed by atoms with Crippen LogP contribution in [0, 0.1) is 23.7 Å². The summed E-state index contributed by atoms with van der Waals surface area (Å²) in [6.07, 6.45) is 7.08. The van der Waals surface area contributed by atoms with Crippen LogP contribution in [0.1, 0.15) is 40.0 Å². The molecule has 2 heterocycles. The maximum atomic E-state index is 13.1. The number of rotatable bonds is 3. The van der Waals surface area contributed by atoms with Crippen LogP contribution in [0.4, 0.5) is 5.95 Å². The monoisotopic (exact) mass is 330 g/mol. The molecule has 0 bridgehead atoms. The van der Waals surface area contributed by atoms with Gasteiger partial charge in [-0.2, -0.15) is 0 Å². The van der Waals surface area contributed by atoms with E-state index in [1.807, 2.05) is 6.07 Å². The Morgan fingerprint density at radius 2 is 1.79 bits per heavy atom. The summed E-state index contributed by atoms with van der Waals surface area (Å²) in [5.41, 5.74) is 0. The highest BCUT2D eigenvalue weighted by Crippen LogP contribution is 2.39. The molecule has 1 aromatic heterocycles. The molecule has 0 radical (unpaired) electrons. The van der Waals surface area contributed by atoms with Crippen molar-refractivity contribution in [2.24, 2.45) is 23.7 Å². The van der Waals surface area contributed by atoms with Crippen molar-refractivity contribution in [3.8, 4) is 0 Å². The molecule has 3 atom stereocenters. The Bertz CT molecular complexity index is 540. The van der Waals surface area contributed by atoms with Crippen molar-refractivity contribution in [2.75, 3.05) is 31.1 Å². The molecule has 1 amide bonds. The smallest absolute Gasteiger partial charge is 0.226 e. The summed E-state index contributed by atoms with van der Waals surface area (Å²) in [5, 5.41) is 0. The van der Waals surface area contributed by atoms with E-state index < -0.39 is 0 Å². The maximum Gasteiger partial charge on any atom is 0.226 e. The van der Waals surface area contributed by atoms with Gasteiger partial charge in [0.2, 0.25) is 11.9 Å². The van der Waals surface area contributed by atoms with Crippen LogP contribution in [0.25, 0.3) is 0 Å². The third kappa shape index (κ3) is 3.70. The van der Waals surface area contributed by atoms with Crippen LogP contribution in [0.3, 0.4) is 0 Å². The zero-order chi connectivity index (χ0) is 17.1. The van der Waals surface area contributed by atoms with Crippen LogP contribution in [0.2, 0.25) is 0 Å². The molecule has 0 spiro atoms. The molecule has 0 aromatic carbocycles. The van der Waals surface area contributed by atoms with Crippen molar-refractivity contribution in [1.29, 1.82) is 0 Å². The van der Waals surface area contributed by atoms with Gasteiger partial charge < -0.3 is 9.80 Å². The van der Waals surface area contributed by atoms with Gasteiger partial charge in [-0.05, 0) is 36.7 Å². The molecule has 1 aliphatic heterocycles. The first-order valence-electron chi connectivity index (χ1n) is 9.37. The lowest BCUT2D eigenvalue weighted by Gasteiger charge is -2.41. The van der Waals surface area contributed by atoms with Gasteiger partial charge in [0.15, 0.2) is 0 Å². The number of piperazine rings is 1. The third-order valence-electron chi connectivity index (χ3n) is 5.77. The molecule has 1 aliphatic carbocycles. The summed E-state index contributed by atoms with van der Waals surface area (Å²) in [7, 11) is 0. The lowest BCUT2D eigenvalue weighted by molar-refractivity contribution is -0.140. The van der Waals surface area contributed by atoms with Crippen molar-refractivity contribution in [3.05, 3.63) is 18.5 Å². The Morgan fingerprint density at radius 1 is 1.12 bits per heavy atom. The van der Waals surface area contributed by atoms with E-state index in [-0.39, 0.29) is 5.92 Å². The zero-order valence-corrected chi connectivity index (χ0v) is 15.2. The maximum absolute atomic E-state index is 13.1. The molecule has 24 heavy (non-hydrogen) atoms. The summed E-state index contributed by atoms with van der Waals surface area (Å²) in [5.74, 6) is 3.18. The van der Waals surface area contributed by atoms with Gasteiger partial charge in [-0.15, -0.1) is 0 Å². The van der Waals surface area contributed by atoms with Gasteiger partial charge in [-0.1, -0.05) is 27.2 Å². The Morgan fingerprint density at radius 3 is 2.42 bits per heavy atom. The van der Waals surface area contributed by atoms with E-state index >= 15 is 0 Å². The molecular weight excluding hydrogens is 300 g/mol. The average molecular weight is 330 g/mol.